The Bertz CT molecular complexity index is 1230. The molecule has 188 valence electrons. The van der Waals surface area contributed by atoms with Crippen LogP contribution in [0.1, 0.15) is 78.4 Å². The van der Waals surface area contributed by atoms with Gasteiger partial charge in [-0.3, -0.25) is 9.78 Å². The molecular weight excluding hydrogens is 466 g/mol. The lowest BCUT2D eigenvalue weighted by Gasteiger charge is -2.28. The lowest BCUT2D eigenvalue weighted by atomic mass is 9.96. The highest BCUT2D eigenvalue weighted by molar-refractivity contribution is 7.80. The molecule has 3 heterocycles. The Morgan fingerprint density at radius 3 is 2.56 bits per heavy atom. The number of aryl methyl sites for hydroxylation is 2. The van der Waals surface area contributed by atoms with Gasteiger partial charge < -0.3 is 20.1 Å². The monoisotopic (exact) mass is 501 g/mol. The summed E-state index contributed by atoms with van der Waals surface area (Å²) in [7, 11) is 0. The molecule has 0 bridgehead atoms. The Morgan fingerprint density at radius 2 is 1.86 bits per heavy atom. The molecule has 1 aromatic carbocycles. The summed E-state index contributed by atoms with van der Waals surface area (Å²) < 4.78 is 2.53. The van der Waals surface area contributed by atoms with Gasteiger partial charge >= 0.3 is 0 Å². The SMILES string of the molecule is Cc1ccc(NC(=O)CCN2C(=S)N[C@H](c3ccccn3)[C@@H]2c2cc(C)n(C3CCCC3)c2C)cc1. The van der Waals surface area contributed by atoms with Crippen molar-refractivity contribution in [2.45, 2.75) is 71.0 Å². The number of nitrogens with one attached hydrogen (secondary N) is 2. The number of thiocarbonyl (C=S) groups is 1. The fourth-order valence-electron chi connectivity index (χ4n) is 5.89. The maximum atomic E-state index is 12.8. The summed E-state index contributed by atoms with van der Waals surface area (Å²) in [4.78, 5) is 19.7. The quantitative estimate of drug-likeness (QED) is 0.393. The zero-order valence-corrected chi connectivity index (χ0v) is 22.1. The molecule has 1 saturated heterocycles. The average molecular weight is 502 g/mol. The predicted molar refractivity (Wildman–Crippen MR) is 148 cm³/mol. The van der Waals surface area contributed by atoms with Gasteiger partial charge in [0.1, 0.15) is 0 Å². The van der Waals surface area contributed by atoms with E-state index in [4.69, 9.17) is 12.2 Å². The number of pyridine rings is 1. The van der Waals surface area contributed by atoms with Gasteiger partial charge in [0, 0.05) is 42.3 Å². The van der Waals surface area contributed by atoms with E-state index in [-0.39, 0.29) is 18.0 Å². The smallest absolute Gasteiger partial charge is 0.226 e. The Kier molecular flexibility index (Phi) is 7.10. The lowest BCUT2D eigenvalue weighted by Crippen LogP contribution is -2.33. The molecule has 7 heteroatoms. The van der Waals surface area contributed by atoms with Crippen LogP contribution in [0.2, 0.25) is 0 Å². The molecular formula is C29H35N5OS. The van der Waals surface area contributed by atoms with E-state index in [2.05, 4.69) is 51.1 Å². The third kappa shape index (κ3) is 4.89. The van der Waals surface area contributed by atoms with E-state index in [9.17, 15) is 4.79 Å². The Labute approximate surface area is 219 Å². The molecule has 1 saturated carbocycles. The number of carbonyl (C=O) groups is 1. The van der Waals surface area contributed by atoms with Gasteiger partial charge in [0.25, 0.3) is 0 Å². The molecule has 36 heavy (non-hydrogen) atoms. The first kappa shape index (κ1) is 24.5. The first-order chi connectivity index (χ1) is 17.4. The summed E-state index contributed by atoms with van der Waals surface area (Å²) in [6.45, 7) is 7.02. The topological polar surface area (TPSA) is 62.2 Å². The van der Waals surface area contributed by atoms with Crippen LogP contribution in [-0.2, 0) is 4.79 Å². The van der Waals surface area contributed by atoms with Crippen LogP contribution in [0, 0.1) is 20.8 Å². The zero-order chi connectivity index (χ0) is 25.2. The molecule has 3 aromatic rings. The summed E-state index contributed by atoms with van der Waals surface area (Å²) in [5.74, 6) is -0.0156. The zero-order valence-electron chi connectivity index (χ0n) is 21.3. The van der Waals surface area contributed by atoms with E-state index < -0.39 is 0 Å². The number of benzene rings is 1. The van der Waals surface area contributed by atoms with Crippen molar-refractivity contribution in [3.05, 3.63) is 82.9 Å². The van der Waals surface area contributed by atoms with Gasteiger partial charge in [-0.05, 0) is 81.7 Å². The summed E-state index contributed by atoms with van der Waals surface area (Å²) in [6, 6.07) is 16.7. The van der Waals surface area contributed by atoms with Crippen LogP contribution >= 0.6 is 12.2 Å². The lowest BCUT2D eigenvalue weighted by molar-refractivity contribution is -0.116. The molecule has 0 unspecified atom stereocenters. The maximum absolute atomic E-state index is 12.8. The van der Waals surface area contributed by atoms with Gasteiger partial charge in [0.2, 0.25) is 5.91 Å². The number of hydrogen-bond donors (Lipinski definition) is 2. The molecule has 1 aliphatic heterocycles. The van der Waals surface area contributed by atoms with Crippen LogP contribution in [0.15, 0.2) is 54.7 Å². The van der Waals surface area contributed by atoms with Gasteiger partial charge in [0.05, 0.1) is 17.8 Å². The van der Waals surface area contributed by atoms with E-state index in [0.717, 1.165) is 11.4 Å². The highest BCUT2D eigenvalue weighted by Crippen LogP contribution is 2.43. The van der Waals surface area contributed by atoms with Crippen molar-refractivity contribution in [2.24, 2.45) is 0 Å². The molecule has 2 aliphatic rings. The first-order valence-electron chi connectivity index (χ1n) is 13.0. The minimum absolute atomic E-state index is 0.0156. The Hall–Kier alpha value is -3.19. The van der Waals surface area contributed by atoms with E-state index in [1.165, 1.54) is 48.2 Å². The molecule has 1 aliphatic carbocycles. The van der Waals surface area contributed by atoms with Crippen molar-refractivity contribution in [2.75, 3.05) is 11.9 Å². The van der Waals surface area contributed by atoms with E-state index in [1.54, 1.807) is 0 Å². The molecule has 2 aromatic heterocycles. The molecule has 2 N–H and O–H groups in total. The summed E-state index contributed by atoms with van der Waals surface area (Å²) in [6.07, 6.45) is 7.25. The highest BCUT2D eigenvalue weighted by atomic mass is 32.1. The van der Waals surface area contributed by atoms with Crippen LogP contribution in [0.25, 0.3) is 0 Å². The van der Waals surface area contributed by atoms with Crippen molar-refractivity contribution in [3.63, 3.8) is 0 Å². The summed E-state index contributed by atoms with van der Waals surface area (Å²) in [5, 5.41) is 7.22. The second kappa shape index (κ2) is 10.4. The number of carbonyl (C=O) groups excluding carboxylic acids is 1. The molecule has 1 amide bonds. The number of hydrogen-bond acceptors (Lipinski definition) is 3. The standard InChI is InChI=1S/C29H35N5OS/c1-19-11-13-22(14-12-19)31-26(35)15-17-33-28(27(32-29(33)36)25-10-6-7-16-30-25)24-18-20(2)34(21(24)3)23-8-4-5-9-23/h6-7,10-14,16,18,23,27-28H,4-5,8-9,15,17H2,1-3H3,(H,31,35)(H,32,36)/t27-,28+/m1/s1. The fraction of sp³-hybridized carbons (Fsp3) is 0.414. The molecule has 2 fully saturated rings. The summed E-state index contributed by atoms with van der Waals surface area (Å²) in [5.41, 5.74) is 6.80. The minimum atomic E-state index is -0.0728. The van der Waals surface area contributed by atoms with Crippen LogP contribution in [-0.4, -0.2) is 32.0 Å². The number of anilines is 1. The largest absolute Gasteiger partial charge is 0.352 e. The first-order valence-corrected chi connectivity index (χ1v) is 13.4. The number of nitrogens with zero attached hydrogens (tertiary/aromatic N) is 3. The molecule has 2 atom stereocenters. The Morgan fingerprint density at radius 1 is 1.11 bits per heavy atom. The number of rotatable bonds is 7. The van der Waals surface area contributed by atoms with Crippen molar-refractivity contribution < 1.29 is 4.79 Å². The van der Waals surface area contributed by atoms with E-state index >= 15 is 0 Å². The second-order valence-electron chi connectivity index (χ2n) is 10.1. The van der Waals surface area contributed by atoms with Crippen LogP contribution in [0.4, 0.5) is 5.69 Å². The van der Waals surface area contributed by atoms with Gasteiger partial charge in [-0.15, -0.1) is 0 Å². The van der Waals surface area contributed by atoms with E-state index in [0.29, 0.717) is 24.1 Å². The van der Waals surface area contributed by atoms with Crippen molar-refractivity contribution in [1.29, 1.82) is 0 Å². The van der Waals surface area contributed by atoms with Crippen LogP contribution < -0.4 is 10.6 Å². The molecule has 0 radical (unpaired) electrons. The van der Waals surface area contributed by atoms with Crippen LogP contribution in [0.5, 0.6) is 0 Å². The van der Waals surface area contributed by atoms with Crippen molar-refractivity contribution >= 4 is 28.9 Å². The number of aromatic nitrogens is 2. The fourth-order valence-corrected chi connectivity index (χ4v) is 6.23. The van der Waals surface area contributed by atoms with Crippen molar-refractivity contribution in [1.82, 2.24) is 19.8 Å². The minimum Gasteiger partial charge on any atom is -0.352 e. The van der Waals surface area contributed by atoms with E-state index in [1.807, 2.05) is 49.5 Å². The maximum Gasteiger partial charge on any atom is 0.226 e. The normalized spacial score (nSPS) is 20.1. The molecule has 0 spiro atoms. The van der Waals surface area contributed by atoms with Crippen LogP contribution in [0.3, 0.4) is 0 Å². The van der Waals surface area contributed by atoms with Crippen molar-refractivity contribution in [3.8, 4) is 0 Å². The Balaban J connectivity index is 1.42. The number of amides is 1. The highest BCUT2D eigenvalue weighted by Gasteiger charge is 2.41. The predicted octanol–water partition coefficient (Wildman–Crippen LogP) is 5.92. The third-order valence-electron chi connectivity index (χ3n) is 7.64. The van der Waals surface area contributed by atoms with Gasteiger partial charge in [0.15, 0.2) is 5.11 Å². The van der Waals surface area contributed by atoms with Gasteiger partial charge in [-0.1, -0.05) is 36.6 Å². The van der Waals surface area contributed by atoms with Gasteiger partial charge in [-0.2, -0.15) is 0 Å². The average Bonchev–Trinajstić information content (AvgIpc) is 3.58. The second-order valence-corrected chi connectivity index (χ2v) is 10.5. The van der Waals surface area contributed by atoms with Gasteiger partial charge in [-0.25, -0.2) is 0 Å². The molecule has 6 nitrogen and oxygen atoms in total. The summed E-state index contributed by atoms with van der Waals surface area (Å²) >= 11 is 5.83. The third-order valence-corrected chi connectivity index (χ3v) is 8.00. The molecule has 5 rings (SSSR count).